The molecule has 192 valence electrons. The molecule has 0 spiro atoms. The molecule has 1 N–H and O–H groups in total. The summed E-state index contributed by atoms with van der Waals surface area (Å²) in [5, 5.41) is 11.3. The zero-order valence-corrected chi connectivity index (χ0v) is 22.1. The van der Waals surface area contributed by atoms with Gasteiger partial charge in [-0.1, -0.05) is 11.6 Å². The zero-order valence-electron chi connectivity index (χ0n) is 20.5. The number of carboxylic acid groups (broad SMARTS) is 1. The predicted octanol–water partition coefficient (Wildman–Crippen LogP) is 6.71. The van der Waals surface area contributed by atoms with E-state index in [2.05, 4.69) is 9.88 Å². The molecule has 1 aliphatic rings. The molecule has 8 heteroatoms. The smallest absolute Gasteiger partial charge is 0.303 e. The van der Waals surface area contributed by atoms with E-state index in [0.29, 0.717) is 5.02 Å². The van der Waals surface area contributed by atoms with Crippen LogP contribution in [0.5, 0.6) is 5.75 Å². The summed E-state index contributed by atoms with van der Waals surface area (Å²) in [5.41, 5.74) is 1.72. The lowest BCUT2D eigenvalue weighted by Gasteiger charge is -2.41. The third kappa shape index (κ3) is 6.90. The molecule has 1 aliphatic heterocycles. The van der Waals surface area contributed by atoms with Gasteiger partial charge in [-0.25, -0.2) is 4.39 Å². The Morgan fingerprint density at radius 3 is 2.67 bits per heavy atom. The van der Waals surface area contributed by atoms with Crippen molar-refractivity contribution in [1.82, 2.24) is 9.88 Å². The van der Waals surface area contributed by atoms with E-state index in [1.165, 1.54) is 12.1 Å². The molecule has 2 aromatic carbocycles. The zero-order chi connectivity index (χ0) is 25.5. The van der Waals surface area contributed by atoms with Gasteiger partial charge >= 0.3 is 5.97 Å². The minimum Gasteiger partial charge on any atom is -0.497 e. The first-order chi connectivity index (χ1) is 17.4. The fraction of sp³-hybridized carbons (Fsp3) is 0.429. The summed E-state index contributed by atoms with van der Waals surface area (Å²) in [4.78, 5) is 19.7. The van der Waals surface area contributed by atoms with Crippen LogP contribution in [0.4, 0.5) is 4.39 Å². The molecule has 0 saturated carbocycles. The highest BCUT2D eigenvalue weighted by molar-refractivity contribution is 7.99. The highest BCUT2D eigenvalue weighted by Crippen LogP contribution is 2.41. The highest BCUT2D eigenvalue weighted by atomic mass is 35.5. The Morgan fingerprint density at radius 1 is 1.22 bits per heavy atom. The number of rotatable bonds is 11. The van der Waals surface area contributed by atoms with Crippen LogP contribution >= 0.6 is 23.4 Å². The van der Waals surface area contributed by atoms with Crippen LogP contribution in [0, 0.1) is 11.2 Å². The summed E-state index contributed by atoms with van der Waals surface area (Å²) in [7, 11) is 1.64. The van der Waals surface area contributed by atoms with Crippen LogP contribution in [0.25, 0.3) is 10.9 Å². The molecule has 1 saturated heterocycles. The number of piperidine rings is 1. The van der Waals surface area contributed by atoms with Crippen LogP contribution in [0.2, 0.25) is 5.02 Å². The van der Waals surface area contributed by atoms with Crippen molar-refractivity contribution < 1.29 is 19.0 Å². The highest BCUT2D eigenvalue weighted by Gasteiger charge is 2.36. The molecule has 5 nitrogen and oxygen atoms in total. The maximum Gasteiger partial charge on any atom is 0.303 e. The Kier molecular flexibility index (Phi) is 9.09. The first-order valence-corrected chi connectivity index (χ1v) is 13.7. The van der Waals surface area contributed by atoms with Crippen LogP contribution in [0.1, 0.15) is 37.7 Å². The molecule has 36 heavy (non-hydrogen) atoms. The largest absolute Gasteiger partial charge is 0.497 e. The predicted molar refractivity (Wildman–Crippen MR) is 144 cm³/mol. The van der Waals surface area contributed by atoms with E-state index in [4.69, 9.17) is 16.3 Å². The molecule has 0 bridgehead atoms. The summed E-state index contributed by atoms with van der Waals surface area (Å²) in [5.74, 6) is 0.742. The number of aryl methyl sites for hydroxylation is 1. The van der Waals surface area contributed by atoms with E-state index in [1.54, 1.807) is 25.1 Å². The van der Waals surface area contributed by atoms with Crippen LogP contribution in [-0.4, -0.2) is 53.5 Å². The van der Waals surface area contributed by atoms with Gasteiger partial charge in [-0.05, 0) is 98.6 Å². The van der Waals surface area contributed by atoms with Gasteiger partial charge in [0.2, 0.25) is 0 Å². The molecule has 0 aliphatic carbocycles. The maximum absolute atomic E-state index is 13.1. The number of pyridine rings is 1. The molecule has 0 atom stereocenters. The SMILES string of the molecule is COc1ccc2ncc(Cl)c(CCCC3(CC(=O)O)CCN(CCSc4ccc(F)cc4)CC3)c2c1. The van der Waals surface area contributed by atoms with E-state index in [9.17, 15) is 14.3 Å². The molecule has 1 fully saturated rings. The number of carbonyl (C=O) groups is 1. The molecular weight excluding hydrogens is 499 g/mol. The number of ether oxygens (including phenoxy) is 1. The fourth-order valence-electron chi connectivity index (χ4n) is 5.13. The molecule has 0 unspecified atom stereocenters. The summed E-state index contributed by atoms with van der Waals surface area (Å²) in [6.07, 6.45) is 6.12. The average Bonchev–Trinajstić information content (AvgIpc) is 2.87. The van der Waals surface area contributed by atoms with Crippen molar-refractivity contribution in [1.29, 1.82) is 0 Å². The second-order valence-electron chi connectivity index (χ2n) is 9.54. The summed E-state index contributed by atoms with van der Waals surface area (Å²) in [6, 6.07) is 12.4. The minimum absolute atomic E-state index is 0.195. The normalized spacial score (nSPS) is 15.8. The van der Waals surface area contributed by atoms with Crippen LogP contribution in [-0.2, 0) is 11.2 Å². The van der Waals surface area contributed by atoms with Crippen molar-refractivity contribution in [3.05, 3.63) is 65.1 Å². The van der Waals surface area contributed by atoms with Gasteiger partial charge in [-0.2, -0.15) is 0 Å². The quantitative estimate of drug-likeness (QED) is 0.278. The number of halogens is 2. The lowest BCUT2D eigenvalue weighted by Crippen LogP contribution is -2.42. The Hall–Kier alpha value is -2.35. The van der Waals surface area contributed by atoms with Crippen molar-refractivity contribution in [3.63, 3.8) is 0 Å². The van der Waals surface area contributed by atoms with Gasteiger partial charge in [0.1, 0.15) is 11.6 Å². The Morgan fingerprint density at radius 2 is 1.97 bits per heavy atom. The van der Waals surface area contributed by atoms with Gasteiger partial charge < -0.3 is 14.7 Å². The van der Waals surface area contributed by atoms with Crippen LogP contribution in [0.15, 0.2) is 53.6 Å². The van der Waals surface area contributed by atoms with Crippen molar-refractivity contribution >= 4 is 40.2 Å². The molecular formula is C28H32ClFN2O3S. The Labute approximate surface area is 221 Å². The third-order valence-electron chi connectivity index (χ3n) is 7.20. The number of hydrogen-bond donors (Lipinski definition) is 1. The van der Waals surface area contributed by atoms with Crippen molar-refractivity contribution in [2.75, 3.05) is 32.5 Å². The number of carboxylic acids is 1. The van der Waals surface area contributed by atoms with Gasteiger partial charge in [0.25, 0.3) is 0 Å². The summed E-state index contributed by atoms with van der Waals surface area (Å²) < 4.78 is 18.5. The Balaban J connectivity index is 1.34. The molecule has 0 radical (unpaired) electrons. The van der Waals surface area contributed by atoms with E-state index >= 15 is 0 Å². The van der Waals surface area contributed by atoms with E-state index in [-0.39, 0.29) is 17.7 Å². The molecule has 3 aromatic rings. The monoisotopic (exact) mass is 530 g/mol. The standard InChI is InChI=1S/C28H32ClFN2O3S/c1-35-21-6-9-26-24(17-21)23(25(29)19-31-26)3-2-10-28(18-27(33)34)11-13-32(14-12-28)15-16-36-22-7-4-20(30)5-8-22/h4-9,17,19H,2-3,10-16,18H2,1H3,(H,33,34). The lowest BCUT2D eigenvalue weighted by atomic mass is 9.72. The van der Waals surface area contributed by atoms with Crippen molar-refractivity contribution in [3.8, 4) is 5.75 Å². The van der Waals surface area contributed by atoms with Crippen molar-refractivity contribution in [2.45, 2.75) is 43.4 Å². The average molecular weight is 531 g/mol. The number of aromatic nitrogens is 1. The number of benzene rings is 2. The van der Waals surface area contributed by atoms with E-state index < -0.39 is 5.97 Å². The number of methoxy groups -OCH3 is 1. The number of nitrogens with zero attached hydrogens (tertiary/aromatic N) is 2. The first-order valence-electron chi connectivity index (χ1n) is 12.3. The van der Waals surface area contributed by atoms with E-state index in [0.717, 1.165) is 84.6 Å². The minimum atomic E-state index is -0.729. The molecule has 4 rings (SSSR count). The van der Waals surface area contributed by atoms with Crippen LogP contribution < -0.4 is 4.74 Å². The van der Waals surface area contributed by atoms with E-state index in [1.807, 2.05) is 30.3 Å². The maximum atomic E-state index is 13.1. The van der Waals surface area contributed by atoms with Crippen LogP contribution in [0.3, 0.4) is 0 Å². The summed E-state index contributed by atoms with van der Waals surface area (Å²) >= 11 is 8.25. The van der Waals surface area contributed by atoms with Gasteiger partial charge in [-0.15, -0.1) is 11.8 Å². The summed E-state index contributed by atoms with van der Waals surface area (Å²) in [6.45, 7) is 2.73. The molecule has 1 aromatic heterocycles. The second-order valence-corrected chi connectivity index (χ2v) is 11.1. The topological polar surface area (TPSA) is 62.7 Å². The van der Waals surface area contributed by atoms with Gasteiger partial charge in [0.15, 0.2) is 0 Å². The van der Waals surface area contributed by atoms with Gasteiger partial charge in [-0.3, -0.25) is 9.78 Å². The Bertz CT molecular complexity index is 1180. The second kappa shape index (κ2) is 12.3. The number of likely N-dealkylation sites (tertiary alicyclic amines) is 1. The lowest BCUT2D eigenvalue weighted by molar-refractivity contribution is -0.140. The molecule has 2 heterocycles. The number of thioether (sulfide) groups is 1. The fourth-order valence-corrected chi connectivity index (χ4v) is 6.29. The van der Waals surface area contributed by atoms with Gasteiger partial charge in [0.05, 0.1) is 24.1 Å². The molecule has 0 amide bonds. The third-order valence-corrected chi connectivity index (χ3v) is 8.52. The number of hydrogen-bond acceptors (Lipinski definition) is 5. The van der Waals surface area contributed by atoms with Crippen molar-refractivity contribution in [2.24, 2.45) is 5.41 Å². The van der Waals surface area contributed by atoms with Gasteiger partial charge in [0, 0.05) is 28.8 Å². The number of aliphatic carboxylic acids is 1. The first kappa shape index (κ1) is 26.7. The number of fused-ring (bicyclic) bond motifs is 1.